The molecule has 0 radical (unpaired) electrons. The average molecular weight is 432 g/mol. The molecule has 1 unspecified atom stereocenters. The van der Waals surface area contributed by atoms with Crippen LogP contribution in [-0.4, -0.2) is 64.9 Å². The molecular weight excluding hydrogens is 408 g/mol. The van der Waals surface area contributed by atoms with Crippen molar-refractivity contribution in [2.24, 2.45) is 5.92 Å². The van der Waals surface area contributed by atoms with Crippen molar-refractivity contribution in [3.63, 3.8) is 0 Å². The average Bonchev–Trinajstić information content (AvgIpc) is 3.58. The number of pyridine rings is 2. The van der Waals surface area contributed by atoms with Crippen LogP contribution in [0.15, 0.2) is 36.7 Å². The minimum Gasteiger partial charge on any atom is -0.489 e. The van der Waals surface area contributed by atoms with Gasteiger partial charge >= 0.3 is 0 Å². The summed E-state index contributed by atoms with van der Waals surface area (Å²) in [6.07, 6.45) is 5.27. The molecule has 1 N–H and O–H groups in total. The highest BCUT2D eigenvalue weighted by molar-refractivity contribution is 5.93. The van der Waals surface area contributed by atoms with E-state index >= 15 is 0 Å². The molecule has 0 spiro atoms. The van der Waals surface area contributed by atoms with Crippen LogP contribution >= 0.6 is 0 Å². The number of rotatable bonds is 6. The highest BCUT2D eigenvalue weighted by Crippen LogP contribution is 2.32. The van der Waals surface area contributed by atoms with E-state index in [1.54, 1.807) is 16.8 Å². The summed E-state index contributed by atoms with van der Waals surface area (Å²) in [5, 5.41) is 16.6. The van der Waals surface area contributed by atoms with Crippen LogP contribution < -0.4 is 10.1 Å². The van der Waals surface area contributed by atoms with E-state index in [0.717, 1.165) is 42.6 Å². The van der Waals surface area contributed by atoms with E-state index in [2.05, 4.69) is 33.4 Å². The molecule has 0 aromatic carbocycles. The highest BCUT2D eigenvalue weighted by Gasteiger charge is 2.30. The molecule has 1 saturated heterocycles. The number of ether oxygens (including phenoxy) is 2. The predicted molar refractivity (Wildman–Crippen MR) is 117 cm³/mol. The van der Waals surface area contributed by atoms with Crippen molar-refractivity contribution >= 4 is 17.2 Å². The number of nitrogens with zero attached hydrogens (tertiary/aromatic N) is 5. The van der Waals surface area contributed by atoms with Gasteiger partial charge in [0.1, 0.15) is 30.2 Å². The van der Waals surface area contributed by atoms with Gasteiger partial charge in [-0.05, 0) is 43.7 Å². The topological polar surface area (TPSA) is 105 Å². The number of nitrogens with one attached hydrogen (secondary N) is 1. The van der Waals surface area contributed by atoms with Gasteiger partial charge in [-0.15, -0.1) is 0 Å². The smallest absolute Gasteiger partial charge is 0.228 e. The first kappa shape index (κ1) is 20.4. The molecule has 2 aliphatic rings. The zero-order valence-corrected chi connectivity index (χ0v) is 17.8. The molecule has 5 rings (SSSR count). The van der Waals surface area contributed by atoms with Gasteiger partial charge in [-0.3, -0.25) is 4.79 Å². The first-order valence-electron chi connectivity index (χ1n) is 10.7. The maximum atomic E-state index is 12.1. The lowest BCUT2D eigenvalue weighted by Crippen LogP contribution is -2.42. The van der Waals surface area contributed by atoms with Gasteiger partial charge in [0, 0.05) is 36.8 Å². The lowest BCUT2D eigenvalue weighted by atomic mass is 10.1. The van der Waals surface area contributed by atoms with E-state index in [0.29, 0.717) is 30.5 Å². The second-order valence-electron chi connectivity index (χ2n) is 8.32. The maximum Gasteiger partial charge on any atom is 0.228 e. The van der Waals surface area contributed by atoms with Crippen LogP contribution in [0.25, 0.3) is 16.6 Å². The summed E-state index contributed by atoms with van der Waals surface area (Å²) in [4.78, 5) is 18.4. The van der Waals surface area contributed by atoms with Crippen LogP contribution in [0.4, 0.5) is 5.82 Å². The molecule has 4 heterocycles. The normalized spacial score (nSPS) is 18.9. The van der Waals surface area contributed by atoms with Gasteiger partial charge in [0.05, 0.1) is 18.3 Å². The molecule has 9 heteroatoms. The number of amides is 1. The number of hydrogen-bond donors (Lipinski definition) is 1. The Labute approximate surface area is 185 Å². The van der Waals surface area contributed by atoms with Gasteiger partial charge in [0.2, 0.25) is 5.91 Å². The van der Waals surface area contributed by atoms with Crippen molar-refractivity contribution in [1.82, 2.24) is 19.5 Å². The number of nitriles is 1. The standard InChI is InChI=1S/C23H24N6O3/c1-28-6-7-31-19(13-28)14-32-21-12-25-17(11-24)9-20(21)16-4-5-29-18(8-16)10-22(27-29)26-23(30)15-2-3-15/h4-5,8-10,12,15,19H,2-3,6-7,13-14H2,1H3,(H,26,27,30). The number of likely N-dealkylation sites (N-methyl/N-ethyl adjacent to an activating group) is 1. The number of morpholine rings is 1. The minimum atomic E-state index is -0.0211. The second-order valence-corrected chi connectivity index (χ2v) is 8.32. The molecule has 3 aromatic rings. The third-order valence-corrected chi connectivity index (χ3v) is 5.72. The molecule has 9 nitrogen and oxygen atoms in total. The van der Waals surface area contributed by atoms with Crippen molar-refractivity contribution in [3.05, 3.63) is 42.4 Å². The van der Waals surface area contributed by atoms with Crippen LogP contribution in [0.2, 0.25) is 0 Å². The van der Waals surface area contributed by atoms with Gasteiger partial charge in [-0.25, -0.2) is 9.50 Å². The van der Waals surface area contributed by atoms with Gasteiger partial charge < -0.3 is 19.7 Å². The van der Waals surface area contributed by atoms with Gasteiger partial charge in [-0.1, -0.05) is 0 Å². The largest absolute Gasteiger partial charge is 0.489 e. The van der Waals surface area contributed by atoms with Crippen molar-refractivity contribution < 1.29 is 14.3 Å². The lowest BCUT2D eigenvalue weighted by Gasteiger charge is -2.30. The first-order chi connectivity index (χ1) is 15.6. The molecule has 164 valence electrons. The second kappa shape index (κ2) is 8.57. The molecule has 32 heavy (non-hydrogen) atoms. The summed E-state index contributed by atoms with van der Waals surface area (Å²) in [6.45, 7) is 2.79. The highest BCUT2D eigenvalue weighted by atomic mass is 16.5. The maximum absolute atomic E-state index is 12.1. The van der Waals surface area contributed by atoms with Crippen molar-refractivity contribution in [1.29, 1.82) is 5.26 Å². The molecule has 1 atom stereocenters. The fraction of sp³-hybridized carbons (Fsp3) is 0.391. The molecule has 1 aliphatic heterocycles. The molecule has 1 saturated carbocycles. The third-order valence-electron chi connectivity index (χ3n) is 5.72. The Bertz CT molecular complexity index is 1200. The van der Waals surface area contributed by atoms with E-state index in [1.807, 2.05) is 24.4 Å². The van der Waals surface area contributed by atoms with Gasteiger partial charge in [-0.2, -0.15) is 10.4 Å². The molecule has 2 fully saturated rings. The van der Waals surface area contributed by atoms with Crippen LogP contribution in [-0.2, 0) is 9.53 Å². The Hall–Kier alpha value is -3.48. The van der Waals surface area contributed by atoms with E-state index in [4.69, 9.17) is 9.47 Å². The lowest BCUT2D eigenvalue weighted by molar-refractivity contribution is -0.117. The summed E-state index contributed by atoms with van der Waals surface area (Å²) < 4.78 is 13.6. The number of carbonyl (C=O) groups excluding carboxylic acids is 1. The SMILES string of the molecule is CN1CCOC(COc2cnc(C#N)cc2-c2ccn3nc(NC(=O)C4CC4)cc3c2)C1. The monoisotopic (exact) mass is 432 g/mol. The van der Waals surface area contributed by atoms with Crippen LogP contribution in [0, 0.1) is 17.2 Å². The zero-order valence-electron chi connectivity index (χ0n) is 17.8. The summed E-state index contributed by atoms with van der Waals surface area (Å²) in [7, 11) is 2.06. The van der Waals surface area contributed by atoms with E-state index in [9.17, 15) is 10.1 Å². The van der Waals surface area contributed by atoms with Crippen LogP contribution in [0.1, 0.15) is 18.5 Å². The number of carbonyl (C=O) groups is 1. The van der Waals surface area contributed by atoms with Crippen LogP contribution in [0.5, 0.6) is 5.75 Å². The fourth-order valence-corrected chi connectivity index (χ4v) is 3.79. The molecule has 0 bridgehead atoms. The number of fused-ring (bicyclic) bond motifs is 1. The van der Waals surface area contributed by atoms with E-state index in [1.165, 1.54) is 0 Å². The number of aromatic nitrogens is 3. The number of hydrogen-bond acceptors (Lipinski definition) is 7. The summed E-state index contributed by atoms with van der Waals surface area (Å²) in [5.74, 6) is 1.26. The van der Waals surface area contributed by atoms with Gasteiger partial charge in [0.15, 0.2) is 5.82 Å². The summed E-state index contributed by atoms with van der Waals surface area (Å²) in [6, 6.07) is 9.51. The van der Waals surface area contributed by atoms with Crippen molar-refractivity contribution in [3.8, 4) is 22.9 Å². The zero-order chi connectivity index (χ0) is 22.1. The predicted octanol–water partition coefficient (Wildman–Crippen LogP) is 2.33. The Morgan fingerprint density at radius 1 is 1.38 bits per heavy atom. The minimum absolute atomic E-state index is 0.0210. The quantitative estimate of drug-likeness (QED) is 0.637. The van der Waals surface area contributed by atoms with Gasteiger partial charge in [0.25, 0.3) is 0 Å². The fourth-order valence-electron chi connectivity index (χ4n) is 3.79. The molecule has 1 amide bonds. The number of anilines is 1. The van der Waals surface area contributed by atoms with E-state index < -0.39 is 0 Å². The Kier molecular flexibility index (Phi) is 5.47. The molecular formula is C23H24N6O3. The van der Waals surface area contributed by atoms with Crippen LogP contribution in [0.3, 0.4) is 0 Å². The van der Waals surface area contributed by atoms with Crippen molar-refractivity contribution in [2.75, 3.05) is 38.7 Å². The Morgan fingerprint density at radius 2 is 2.25 bits per heavy atom. The molecule has 3 aromatic heterocycles. The first-order valence-corrected chi connectivity index (χ1v) is 10.7. The third kappa shape index (κ3) is 4.42. The summed E-state index contributed by atoms with van der Waals surface area (Å²) in [5.41, 5.74) is 2.78. The van der Waals surface area contributed by atoms with E-state index in [-0.39, 0.29) is 17.9 Å². The summed E-state index contributed by atoms with van der Waals surface area (Å²) >= 11 is 0. The Morgan fingerprint density at radius 3 is 3.03 bits per heavy atom. The Balaban J connectivity index is 1.40. The molecule has 1 aliphatic carbocycles. The van der Waals surface area contributed by atoms with Crippen molar-refractivity contribution in [2.45, 2.75) is 18.9 Å².